The fraction of sp³-hybridized carbons (Fsp3) is 0.692. The van der Waals surface area contributed by atoms with Crippen molar-refractivity contribution in [2.45, 2.75) is 19.8 Å². The second-order valence-electron chi connectivity index (χ2n) is 4.49. The Morgan fingerprint density at radius 2 is 2.11 bits per heavy atom. The van der Waals surface area contributed by atoms with Gasteiger partial charge in [0.15, 0.2) is 0 Å². The largest absolute Gasteiger partial charge is 0.378 e. The smallest absolute Gasteiger partial charge is 0.129 e. The van der Waals surface area contributed by atoms with E-state index in [1.807, 2.05) is 20.2 Å². The molecule has 0 unspecified atom stereocenters. The molecule has 5 heteroatoms. The van der Waals surface area contributed by atoms with E-state index >= 15 is 0 Å². The van der Waals surface area contributed by atoms with Crippen molar-refractivity contribution in [3.05, 3.63) is 18.1 Å². The second kappa shape index (κ2) is 8.83. The zero-order valence-electron chi connectivity index (χ0n) is 11.6. The summed E-state index contributed by atoms with van der Waals surface area (Å²) in [5.41, 5.74) is 1.09. The zero-order valence-corrected chi connectivity index (χ0v) is 11.6. The fourth-order valence-corrected chi connectivity index (χ4v) is 1.49. The van der Waals surface area contributed by atoms with E-state index in [0.29, 0.717) is 6.61 Å². The summed E-state index contributed by atoms with van der Waals surface area (Å²) in [6, 6.07) is 2.00. The van der Waals surface area contributed by atoms with Crippen LogP contribution >= 0.6 is 0 Å². The van der Waals surface area contributed by atoms with E-state index in [1.165, 1.54) is 0 Å². The highest BCUT2D eigenvalue weighted by atomic mass is 16.5. The third kappa shape index (κ3) is 6.51. The summed E-state index contributed by atoms with van der Waals surface area (Å²) in [6.07, 6.45) is 3.71. The van der Waals surface area contributed by atoms with Gasteiger partial charge < -0.3 is 15.0 Å². The number of ether oxygens (including phenoxy) is 1. The normalized spacial score (nSPS) is 10.9. The summed E-state index contributed by atoms with van der Waals surface area (Å²) >= 11 is 0. The van der Waals surface area contributed by atoms with Crippen LogP contribution in [-0.2, 0) is 11.2 Å². The molecule has 102 valence electrons. The van der Waals surface area contributed by atoms with Gasteiger partial charge in [0, 0.05) is 24.8 Å². The monoisotopic (exact) mass is 252 g/mol. The summed E-state index contributed by atoms with van der Waals surface area (Å²) in [5.74, 6) is 0.879. The second-order valence-corrected chi connectivity index (χ2v) is 4.49. The average molecular weight is 252 g/mol. The van der Waals surface area contributed by atoms with Gasteiger partial charge in [0.1, 0.15) is 12.1 Å². The molecule has 0 saturated heterocycles. The summed E-state index contributed by atoms with van der Waals surface area (Å²) < 4.78 is 5.50. The van der Waals surface area contributed by atoms with Crippen molar-refractivity contribution in [2.75, 3.05) is 45.7 Å². The van der Waals surface area contributed by atoms with Crippen LogP contribution in [0.5, 0.6) is 0 Å². The van der Waals surface area contributed by atoms with Crippen LogP contribution in [0.3, 0.4) is 0 Å². The lowest BCUT2D eigenvalue weighted by atomic mass is 10.2. The number of nitrogens with one attached hydrogen (secondary N) is 1. The van der Waals surface area contributed by atoms with Gasteiger partial charge in [0.25, 0.3) is 0 Å². The molecule has 1 aromatic rings. The molecule has 0 aliphatic rings. The highest BCUT2D eigenvalue weighted by molar-refractivity contribution is 5.34. The Morgan fingerprint density at radius 3 is 2.83 bits per heavy atom. The lowest BCUT2D eigenvalue weighted by Crippen LogP contribution is -2.20. The molecule has 0 spiro atoms. The van der Waals surface area contributed by atoms with Crippen molar-refractivity contribution in [1.82, 2.24) is 14.9 Å². The highest BCUT2D eigenvalue weighted by Gasteiger charge is 1.97. The highest BCUT2D eigenvalue weighted by Crippen LogP contribution is 2.05. The third-order valence-electron chi connectivity index (χ3n) is 2.47. The summed E-state index contributed by atoms with van der Waals surface area (Å²) in [6.45, 7) is 5.33. The maximum absolute atomic E-state index is 5.50. The fourth-order valence-electron chi connectivity index (χ4n) is 1.49. The van der Waals surface area contributed by atoms with E-state index in [-0.39, 0.29) is 0 Å². The summed E-state index contributed by atoms with van der Waals surface area (Å²) in [5, 5.41) is 3.24. The molecule has 0 atom stereocenters. The van der Waals surface area contributed by atoms with Crippen molar-refractivity contribution >= 4 is 5.82 Å². The number of aryl methyl sites for hydroxylation is 1. The summed E-state index contributed by atoms with van der Waals surface area (Å²) in [4.78, 5) is 10.5. The molecule has 0 saturated carbocycles. The Kier molecular flexibility index (Phi) is 7.29. The van der Waals surface area contributed by atoms with E-state index in [1.54, 1.807) is 6.33 Å². The quantitative estimate of drug-likeness (QED) is 0.674. The lowest BCUT2D eigenvalue weighted by molar-refractivity contribution is 0.126. The number of anilines is 1. The van der Waals surface area contributed by atoms with Gasteiger partial charge in [0.05, 0.1) is 13.2 Å². The number of nitrogens with zero attached hydrogens (tertiary/aromatic N) is 3. The molecule has 0 radical (unpaired) electrons. The average Bonchev–Trinajstić information content (AvgIpc) is 2.34. The van der Waals surface area contributed by atoms with Gasteiger partial charge in [-0.1, -0.05) is 13.3 Å². The molecule has 1 rings (SSSR count). The van der Waals surface area contributed by atoms with E-state index < -0.39 is 0 Å². The molecular weight excluding hydrogens is 228 g/mol. The van der Waals surface area contributed by atoms with Crippen LogP contribution in [0.2, 0.25) is 0 Å². The number of hydrogen-bond acceptors (Lipinski definition) is 5. The molecule has 1 heterocycles. The number of rotatable bonds is 9. The minimum absolute atomic E-state index is 0.695. The van der Waals surface area contributed by atoms with E-state index in [9.17, 15) is 0 Å². The first-order chi connectivity index (χ1) is 8.72. The van der Waals surface area contributed by atoms with Gasteiger partial charge >= 0.3 is 0 Å². The number of aromatic nitrogens is 2. The molecule has 0 aliphatic heterocycles. The molecule has 1 N–H and O–H groups in total. The van der Waals surface area contributed by atoms with E-state index in [0.717, 1.165) is 44.0 Å². The maximum atomic E-state index is 5.50. The minimum Gasteiger partial charge on any atom is -0.378 e. The molecule has 0 aromatic carbocycles. The van der Waals surface area contributed by atoms with Crippen LogP contribution in [0.15, 0.2) is 12.4 Å². The molecule has 5 nitrogen and oxygen atoms in total. The van der Waals surface area contributed by atoms with E-state index in [2.05, 4.69) is 27.1 Å². The van der Waals surface area contributed by atoms with Gasteiger partial charge in [-0.15, -0.1) is 0 Å². The number of hydrogen-bond donors (Lipinski definition) is 1. The first-order valence-corrected chi connectivity index (χ1v) is 6.49. The Labute approximate surface area is 110 Å². The van der Waals surface area contributed by atoms with Crippen molar-refractivity contribution in [3.63, 3.8) is 0 Å². The molecule has 0 fully saturated rings. The van der Waals surface area contributed by atoms with Gasteiger partial charge in [-0.2, -0.15) is 0 Å². The lowest BCUT2D eigenvalue weighted by Gasteiger charge is -2.10. The topological polar surface area (TPSA) is 50.3 Å². The van der Waals surface area contributed by atoms with Gasteiger partial charge in [-0.25, -0.2) is 9.97 Å². The minimum atomic E-state index is 0.695. The van der Waals surface area contributed by atoms with Crippen molar-refractivity contribution in [1.29, 1.82) is 0 Å². The molecule has 1 aromatic heterocycles. The van der Waals surface area contributed by atoms with Crippen molar-refractivity contribution in [2.24, 2.45) is 0 Å². The third-order valence-corrected chi connectivity index (χ3v) is 2.47. The molecule has 18 heavy (non-hydrogen) atoms. The first kappa shape index (κ1) is 14.9. The van der Waals surface area contributed by atoms with Crippen LogP contribution in [0.4, 0.5) is 5.82 Å². The van der Waals surface area contributed by atoms with Crippen LogP contribution in [0.1, 0.15) is 19.0 Å². The van der Waals surface area contributed by atoms with Gasteiger partial charge in [0.2, 0.25) is 0 Å². The Morgan fingerprint density at radius 1 is 1.28 bits per heavy atom. The van der Waals surface area contributed by atoms with Crippen LogP contribution in [0.25, 0.3) is 0 Å². The Balaban J connectivity index is 2.16. The Hall–Kier alpha value is -1.20. The maximum Gasteiger partial charge on any atom is 0.129 e. The summed E-state index contributed by atoms with van der Waals surface area (Å²) in [7, 11) is 4.08. The SMILES string of the molecule is CCCc1cc(NCCOCCN(C)C)ncn1. The van der Waals surface area contributed by atoms with E-state index in [4.69, 9.17) is 4.74 Å². The predicted octanol–water partition coefficient (Wildman–Crippen LogP) is 1.42. The first-order valence-electron chi connectivity index (χ1n) is 6.49. The van der Waals surface area contributed by atoms with Gasteiger partial charge in [-0.05, 0) is 20.5 Å². The number of likely N-dealkylation sites (N-methyl/N-ethyl adjacent to an activating group) is 1. The molecule has 0 amide bonds. The van der Waals surface area contributed by atoms with Crippen LogP contribution in [0, 0.1) is 0 Å². The zero-order chi connectivity index (χ0) is 13.2. The van der Waals surface area contributed by atoms with Crippen molar-refractivity contribution < 1.29 is 4.74 Å². The van der Waals surface area contributed by atoms with Crippen molar-refractivity contribution in [3.8, 4) is 0 Å². The van der Waals surface area contributed by atoms with Crippen LogP contribution in [-0.4, -0.2) is 55.3 Å². The van der Waals surface area contributed by atoms with Gasteiger partial charge in [-0.3, -0.25) is 0 Å². The molecule has 0 bridgehead atoms. The molecule has 0 aliphatic carbocycles. The standard InChI is InChI=1S/C13H24N4O/c1-4-5-12-10-13(16-11-15-12)14-6-8-18-9-7-17(2)3/h10-11H,4-9H2,1-3H3,(H,14,15,16). The molecular formula is C13H24N4O. The Bertz CT molecular complexity index is 331. The predicted molar refractivity (Wildman–Crippen MR) is 73.9 cm³/mol. The van der Waals surface area contributed by atoms with Crippen LogP contribution < -0.4 is 5.32 Å².